The van der Waals surface area contributed by atoms with Crippen molar-refractivity contribution in [3.8, 4) is 0 Å². The number of aromatic amines is 1. The summed E-state index contributed by atoms with van der Waals surface area (Å²) in [5.74, 6) is 0.471. The minimum absolute atomic E-state index is 0.471. The normalized spacial score (nSPS) is 11.6. The molecule has 5 heteroatoms. The van der Waals surface area contributed by atoms with Gasteiger partial charge in [0.1, 0.15) is 0 Å². The first kappa shape index (κ1) is 8.58. The quantitative estimate of drug-likeness (QED) is 0.432. The Hall–Kier alpha value is -1.52. The van der Waals surface area contributed by atoms with E-state index in [9.17, 15) is 0 Å². The van der Waals surface area contributed by atoms with Crippen LogP contribution in [0.4, 0.5) is 0 Å². The maximum absolute atomic E-state index is 5.51. The summed E-state index contributed by atoms with van der Waals surface area (Å²) in [5.41, 5.74) is 6.53. The average molecular weight is 167 g/mol. The Morgan fingerprint density at radius 3 is 3.25 bits per heavy atom. The monoisotopic (exact) mass is 167 g/mol. The second kappa shape index (κ2) is 4.38. The molecular formula is C7H13N5. The smallest absolute Gasteiger partial charge is 0.188 e. The number of hydrogen-bond acceptors (Lipinski definition) is 2. The predicted molar refractivity (Wildman–Crippen MR) is 47.6 cm³/mol. The lowest BCUT2D eigenvalue weighted by Gasteiger charge is -1.99. The lowest BCUT2D eigenvalue weighted by molar-refractivity contribution is 0.925. The Bertz CT molecular complexity index is 238. The number of hydrogen-bond donors (Lipinski definition) is 3. The molecule has 0 unspecified atom stereocenters. The van der Waals surface area contributed by atoms with E-state index in [0.717, 1.165) is 12.1 Å². The first-order chi connectivity index (χ1) is 5.83. The van der Waals surface area contributed by atoms with Crippen molar-refractivity contribution in [1.82, 2.24) is 15.5 Å². The highest BCUT2D eigenvalue weighted by atomic mass is 15.1. The van der Waals surface area contributed by atoms with E-state index in [1.165, 1.54) is 0 Å². The van der Waals surface area contributed by atoms with Crippen molar-refractivity contribution in [2.45, 2.75) is 13.5 Å². The van der Waals surface area contributed by atoms with Gasteiger partial charge >= 0.3 is 0 Å². The molecular weight excluding hydrogens is 154 g/mol. The van der Waals surface area contributed by atoms with Gasteiger partial charge in [-0.2, -0.15) is 5.10 Å². The van der Waals surface area contributed by atoms with E-state index in [2.05, 4.69) is 20.5 Å². The average Bonchev–Trinajstić information content (AvgIpc) is 2.53. The minimum Gasteiger partial charge on any atom is -0.370 e. The number of aromatic nitrogens is 2. The summed E-state index contributed by atoms with van der Waals surface area (Å²) >= 11 is 0. The third-order valence-electron chi connectivity index (χ3n) is 1.34. The van der Waals surface area contributed by atoms with E-state index in [1.807, 2.05) is 6.92 Å². The fourth-order valence-electron chi connectivity index (χ4n) is 0.778. The van der Waals surface area contributed by atoms with Crippen molar-refractivity contribution < 1.29 is 0 Å². The number of nitrogens with zero attached hydrogens (tertiary/aromatic N) is 2. The van der Waals surface area contributed by atoms with E-state index in [0.29, 0.717) is 12.5 Å². The van der Waals surface area contributed by atoms with Crippen molar-refractivity contribution in [3.05, 3.63) is 18.0 Å². The molecule has 66 valence electrons. The van der Waals surface area contributed by atoms with Gasteiger partial charge in [-0.15, -0.1) is 0 Å². The molecule has 0 saturated heterocycles. The highest BCUT2D eigenvalue weighted by Crippen LogP contribution is 1.94. The largest absolute Gasteiger partial charge is 0.370 e. The summed E-state index contributed by atoms with van der Waals surface area (Å²) in [5, 5.41) is 9.40. The molecule has 0 atom stereocenters. The van der Waals surface area contributed by atoms with Crippen LogP contribution in [0.5, 0.6) is 0 Å². The van der Waals surface area contributed by atoms with Gasteiger partial charge in [0, 0.05) is 18.3 Å². The molecule has 0 aliphatic heterocycles. The summed E-state index contributed by atoms with van der Waals surface area (Å²) < 4.78 is 0. The number of rotatable bonds is 3. The molecule has 0 saturated carbocycles. The lowest BCUT2D eigenvalue weighted by atomic mass is 10.4. The summed E-state index contributed by atoms with van der Waals surface area (Å²) in [7, 11) is 0. The van der Waals surface area contributed by atoms with Crippen LogP contribution in [0.1, 0.15) is 12.5 Å². The van der Waals surface area contributed by atoms with E-state index in [-0.39, 0.29) is 0 Å². The Kier molecular flexibility index (Phi) is 3.13. The fourth-order valence-corrected chi connectivity index (χ4v) is 0.778. The molecule has 1 heterocycles. The number of nitrogens with one attached hydrogen (secondary N) is 2. The van der Waals surface area contributed by atoms with Gasteiger partial charge in [-0.1, -0.05) is 0 Å². The Morgan fingerprint density at radius 1 is 1.83 bits per heavy atom. The molecule has 0 aliphatic rings. The minimum atomic E-state index is 0.471. The lowest BCUT2D eigenvalue weighted by Crippen LogP contribution is -2.31. The summed E-state index contributed by atoms with van der Waals surface area (Å²) in [6.45, 7) is 3.33. The summed E-state index contributed by atoms with van der Waals surface area (Å²) in [4.78, 5) is 4.08. The van der Waals surface area contributed by atoms with E-state index in [1.54, 1.807) is 12.4 Å². The van der Waals surface area contributed by atoms with Gasteiger partial charge in [0.25, 0.3) is 0 Å². The van der Waals surface area contributed by atoms with Crippen LogP contribution in [0.25, 0.3) is 0 Å². The highest BCUT2D eigenvalue weighted by Gasteiger charge is 1.91. The molecule has 4 N–H and O–H groups in total. The number of guanidine groups is 1. The highest BCUT2D eigenvalue weighted by molar-refractivity contribution is 5.77. The van der Waals surface area contributed by atoms with Crippen LogP contribution in [-0.4, -0.2) is 22.7 Å². The van der Waals surface area contributed by atoms with Gasteiger partial charge in [-0.05, 0) is 6.92 Å². The van der Waals surface area contributed by atoms with Crippen LogP contribution in [-0.2, 0) is 6.54 Å². The van der Waals surface area contributed by atoms with Gasteiger partial charge < -0.3 is 11.1 Å². The maximum Gasteiger partial charge on any atom is 0.188 e. The molecule has 0 bridgehead atoms. The maximum atomic E-state index is 5.51. The summed E-state index contributed by atoms with van der Waals surface area (Å²) in [6.07, 6.45) is 3.52. The molecule has 1 rings (SSSR count). The van der Waals surface area contributed by atoms with Gasteiger partial charge in [0.2, 0.25) is 0 Å². The topological polar surface area (TPSA) is 79.1 Å². The van der Waals surface area contributed by atoms with E-state index >= 15 is 0 Å². The predicted octanol–water partition coefficient (Wildman–Crippen LogP) is -0.166. The molecule has 0 radical (unpaired) electrons. The van der Waals surface area contributed by atoms with E-state index in [4.69, 9.17) is 5.73 Å². The zero-order chi connectivity index (χ0) is 8.81. The standard InChI is InChI=1S/C7H13N5/c1-2-9-7(8)10-3-6-4-11-12-5-6/h4-5H,2-3H2,1H3,(H,11,12)(H3,8,9,10). The van der Waals surface area contributed by atoms with Crippen LogP contribution in [0.2, 0.25) is 0 Å². The molecule has 0 aromatic carbocycles. The van der Waals surface area contributed by atoms with Gasteiger partial charge in [-0.3, -0.25) is 5.10 Å². The first-order valence-corrected chi connectivity index (χ1v) is 3.84. The molecule has 5 nitrogen and oxygen atoms in total. The third kappa shape index (κ3) is 2.61. The molecule has 1 aromatic rings. The molecule has 0 spiro atoms. The number of H-pyrrole nitrogens is 1. The Labute approximate surface area is 71.1 Å². The molecule has 0 fully saturated rings. The number of nitrogens with two attached hydrogens (primary N) is 1. The Balaban J connectivity index is 2.38. The molecule has 12 heavy (non-hydrogen) atoms. The van der Waals surface area contributed by atoms with Crippen LogP contribution in [0.3, 0.4) is 0 Å². The molecule has 0 aliphatic carbocycles. The molecule has 0 amide bonds. The van der Waals surface area contributed by atoms with E-state index < -0.39 is 0 Å². The van der Waals surface area contributed by atoms with Gasteiger partial charge in [-0.25, -0.2) is 4.99 Å². The second-order valence-corrected chi connectivity index (χ2v) is 2.34. The third-order valence-corrected chi connectivity index (χ3v) is 1.34. The van der Waals surface area contributed by atoms with Gasteiger partial charge in [0.05, 0.1) is 12.7 Å². The second-order valence-electron chi connectivity index (χ2n) is 2.34. The SMILES string of the molecule is CCNC(N)=NCc1cn[nH]c1. The van der Waals surface area contributed by atoms with Crippen molar-refractivity contribution >= 4 is 5.96 Å². The van der Waals surface area contributed by atoms with Crippen LogP contribution in [0, 0.1) is 0 Å². The van der Waals surface area contributed by atoms with Crippen molar-refractivity contribution in [3.63, 3.8) is 0 Å². The van der Waals surface area contributed by atoms with Crippen molar-refractivity contribution in [2.75, 3.05) is 6.54 Å². The number of aliphatic imine (C=N–C) groups is 1. The fraction of sp³-hybridized carbons (Fsp3) is 0.429. The van der Waals surface area contributed by atoms with Crippen LogP contribution in [0.15, 0.2) is 17.4 Å². The molecule has 1 aromatic heterocycles. The van der Waals surface area contributed by atoms with Crippen LogP contribution < -0.4 is 11.1 Å². The van der Waals surface area contributed by atoms with Crippen molar-refractivity contribution in [1.29, 1.82) is 0 Å². The Morgan fingerprint density at radius 2 is 2.67 bits per heavy atom. The summed E-state index contributed by atoms with van der Waals surface area (Å²) in [6, 6.07) is 0. The first-order valence-electron chi connectivity index (χ1n) is 3.84. The van der Waals surface area contributed by atoms with Crippen LogP contribution >= 0.6 is 0 Å². The van der Waals surface area contributed by atoms with Crippen molar-refractivity contribution in [2.24, 2.45) is 10.7 Å². The zero-order valence-corrected chi connectivity index (χ0v) is 7.04. The van der Waals surface area contributed by atoms with Gasteiger partial charge in [0.15, 0.2) is 5.96 Å². The zero-order valence-electron chi connectivity index (χ0n) is 7.04.